The zero-order valence-electron chi connectivity index (χ0n) is 14.6. The van der Waals surface area contributed by atoms with Crippen molar-refractivity contribution < 1.29 is 19.1 Å². The second kappa shape index (κ2) is 7.68. The number of carbonyl (C=O) groups excluding carboxylic acids is 2. The summed E-state index contributed by atoms with van der Waals surface area (Å²) < 4.78 is 12.1. The quantitative estimate of drug-likeness (QED) is 0.572. The van der Waals surface area contributed by atoms with Crippen molar-refractivity contribution in [3.05, 3.63) is 56.2 Å². The topological polar surface area (TPSA) is 123 Å². The van der Waals surface area contributed by atoms with Gasteiger partial charge in [0.15, 0.2) is 6.61 Å². The van der Waals surface area contributed by atoms with Crippen molar-refractivity contribution in [1.29, 1.82) is 0 Å². The smallest absolute Gasteiger partial charge is 0.342 e. The van der Waals surface area contributed by atoms with Crippen molar-refractivity contribution in [3.63, 3.8) is 0 Å². The molecule has 9 nitrogen and oxygen atoms in total. The molecule has 1 heterocycles. The summed E-state index contributed by atoms with van der Waals surface area (Å²) in [6.07, 6.45) is 0. The van der Waals surface area contributed by atoms with Crippen molar-refractivity contribution in [2.45, 2.75) is 6.92 Å². The fraction of sp³-hybridized carbons (Fsp3) is 0.294. The number of rotatable bonds is 6. The maximum atomic E-state index is 12.3. The standard InChI is InChI=1S/C17H19N3O6/c1-4-25-12-8-6-5-7-10(12)16(23)26-9-11(21)13-14(18)19(2)17(24)20(3)15(13)22/h5-8H,4,9,18H2,1-3H3. The van der Waals surface area contributed by atoms with Gasteiger partial charge in [-0.2, -0.15) is 0 Å². The molecule has 0 amide bonds. The molecule has 2 rings (SSSR count). The third kappa shape index (κ3) is 3.51. The number of ether oxygens (including phenoxy) is 2. The molecule has 0 aliphatic carbocycles. The van der Waals surface area contributed by atoms with Gasteiger partial charge in [0.05, 0.1) is 6.61 Å². The van der Waals surface area contributed by atoms with E-state index < -0.39 is 35.2 Å². The molecular formula is C17H19N3O6. The van der Waals surface area contributed by atoms with Crippen LogP contribution >= 0.6 is 0 Å². The van der Waals surface area contributed by atoms with Crippen LogP contribution in [0.3, 0.4) is 0 Å². The van der Waals surface area contributed by atoms with Crippen LogP contribution in [0, 0.1) is 0 Å². The van der Waals surface area contributed by atoms with Gasteiger partial charge in [0.2, 0.25) is 5.78 Å². The van der Waals surface area contributed by atoms with Crippen LogP contribution < -0.4 is 21.7 Å². The number of carbonyl (C=O) groups is 2. The lowest BCUT2D eigenvalue weighted by molar-refractivity contribution is 0.0470. The molecule has 0 spiro atoms. The summed E-state index contributed by atoms with van der Waals surface area (Å²) in [6.45, 7) is 1.43. The number of nitrogens with zero attached hydrogens (tertiary/aromatic N) is 2. The first-order valence-corrected chi connectivity index (χ1v) is 7.77. The maximum absolute atomic E-state index is 12.3. The Morgan fingerprint density at radius 2 is 1.77 bits per heavy atom. The van der Waals surface area contributed by atoms with Crippen LogP contribution in [-0.4, -0.2) is 34.1 Å². The van der Waals surface area contributed by atoms with Gasteiger partial charge in [-0.15, -0.1) is 0 Å². The van der Waals surface area contributed by atoms with E-state index in [9.17, 15) is 19.2 Å². The van der Waals surface area contributed by atoms with E-state index >= 15 is 0 Å². The lowest BCUT2D eigenvalue weighted by Crippen LogP contribution is -2.42. The fourth-order valence-corrected chi connectivity index (χ4v) is 2.32. The highest BCUT2D eigenvalue weighted by Crippen LogP contribution is 2.19. The van der Waals surface area contributed by atoms with Crippen LogP contribution in [0.4, 0.5) is 5.82 Å². The van der Waals surface area contributed by atoms with E-state index in [1.807, 2.05) is 0 Å². The number of benzene rings is 1. The summed E-state index contributed by atoms with van der Waals surface area (Å²) in [7, 11) is 2.56. The van der Waals surface area contributed by atoms with E-state index in [-0.39, 0.29) is 11.4 Å². The molecule has 0 aliphatic rings. The van der Waals surface area contributed by atoms with E-state index in [1.165, 1.54) is 20.2 Å². The zero-order valence-corrected chi connectivity index (χ0v) is 14.6. The van der Waals surface area contributed by atoms with E-state index in [0.29, 0.717) is 12.4 Å². The van der Waals surface area contributed by atoms with Crippen molar-refractivity contribution in [2.24, 2.45) is 14.1 Å². The molecule has 0 bridgehead atoms. The molecule has 0 saturated carbocycles. The molecular weight excluding hydrogens is 342 g/mol. The number of hydrogen-bond donors (Lipinski definition) is 1. The first-order chi connectivity index (χ1) is 12.3. The molecule has 0 saturated heterocycles. The summed E-state index contributed by atoms with van der Waals surface area (Å²) in [6, 6.07) is 6.42. The van der Waals surface area contributed by atoms with Gasteiger partial charge in [0.25, 0.3) is 5.56 Å². The number of esters is 1. The first kappa shape index (κ1) is 19.0. The van der Waals surface area contributed by atoms with Gasteiger partial charge in [0, 0.05) is 14.1 Å². The average molecular weight is 361 g/mol. The van der Waals surface area contributed by atoms with Crippen molar-refractivity contribution in [2.75, 3.05) is 18.9 Å². The number of ketones is 1. The van der Waals surface area contributed by atoms with Crippen molar-refractivity contribution in [1.82, 2.24) is 9.13 Å². The van der Waals surface area contributed by atoms with E-state index in [0.717, 1.165) is 9.13 Å². The predicted molar refractivity (Wildman–Crippen MR) is 93.6 cm³/mol. The molecule has 1 aromatic heterocycles. The van der Waals surface area contributed by atoms with Crippen LogP contribution in [0.5, 0.6) is 5.75 Å². The Hall–Kier alpha value is -3.36. The minimum Gasteiger partial charge on any atom is -0.493 e. The molecule has 0 radical (unpaired) electrons. The minimum absolute atomic E-state index is 0.156. The Bertz CT molecular complexity index is 973. The number of para-hydroxylation sites is 1. The molecule has 0 fully saturated rings. The molecule has 9 heteroatoms. The fourth-order valence-electron chi connectivity index (χ4n) is 2.32. The lowest BCUT2D eigenvalue weighted by Gasteiger charge is -2.12. The van der Waals surface area contributed by atoms with Gasteiger partial charge in [-0.1, -0.05) is 12.1 Å². The highest BCUT2D eigenvalue weighted by molar-refractivity contribution is 6.02. The molecule has 0 atom stereocenters. The highest BCUT2D eigenvalue weighted by Gasteiger charge is 2.22. The monoisotopic (exact) mass is 361 g/mol. The largest absolute Gasteiger partial charge is 0.493 e. The summed E-state index contributed by atoms with van der Waals surface area (Å²) in [5, 5.41) is 0. The lowest BCUT2D eigenvalue weighted by atomic mass is 10.2. The van der Waals surface area contributed by atoms with Gasteiger partial charge in [-0.3, -0.25) is 18.7 Å². The Balaban J connectivity index is 2.24. The SMILES string of the molecule is CCOc1ccccc1C(=O)OCC(=O)c1c(N)n(C)c(=O)n(C)c1=O. The summed E-state index contributed by atoms with van der Waals surface area (Å²) >= 11 is 0. The third-order valence-corrected chi connectivity index (χ3v) is 3.73. The van der Waals surface area contributed by atoms with Crippen LogP contribution in [0.15, 0.2) is 33.9 Å². The maximum Gasteiger partial charge on any atom is 0.342 e. The van der Waals surface area contributed by atoms with Crippen molar-refractivity contribution >= 4 is 17.6 Å². The third-order valence-electron chi connectivity index (χ3n) is 3.73. The Kier molecular flexibility index (Phi) is 5.61. The normalized spacial score (nSPS) is 10.4. The van der Waals surface area contributed by atoms with Gasteiger partial charge in [-0.05, 0) is 19.1 Å². The first-order valence-electron chi connectivity index (χ1n) is 7.77. The number of nitrogen functional groups attached to an aromatic ring is 1. The second-order valence-corrected chi connectivity index (χ2v) is 5.39. The second-order valence-electron chi connectivity index (χ2n) is 5.39. The number of nitrogens with two attached hydrogens (primary N) is 1. The number of anilines is 1. The summed E-state index contributed by atoms with van der Waals surface area (Å²) in [5.41, 5.74) is 3.95. The van der Waals surface area contributed by atoms with Crippen LogP contribution in [0.1, 0.15) is 27.6 Å². The molecule has 0 unspecified atom stereocenters. The van der Waals surface area contributed by atoms with Gasteiger partial charge in [0.1, 0.15) is 22.7 Å². The Morgan fingerprint density at radius 3 is 2.42 bits per heavy atom. The summed E-state index contributed by atoms with van der Waals surface area (Å²) in [5.74, 6) is -1.54. The van der Waals surface area contributed by atoms with Crippen LogP contribution in [0.2, 0.25) is 0 Å². The summed E-state index contributed by atoms with van der Waals surface area (Å²) in [4.78, 5) is 48.5. The predicted octanol–water partition coefficient (Wildman–Crippen LogP) is 0.105. The van der Waals surface area contributed by atoms with Gasteiger partial charge < -0.3 is 15.2 Å². The molecule has 2 aromatic rings. The van der Waals surface area contributed by atoms with E-state index in [2.05, 4.69) is 0 Å². The van der Waals surface area contributed by atoms with Gasteiger partial charge >= 0.3 is 11.7 Å². The molecule has 2 N–H and O–H groups in total. The van der Waals surface area contributed by atoms with E-state index in [4.69, 9.17) is 15.2 Å². The molecule has 1 aromatic carbocycles. The van der Waals surface area contributed by atoms with Crippen molar-refractivity contribution in [3.8, 4) is 5.75 Å². The number of aromatic nitrogens is 2. The molecule has 0 aliphatic heterocycles. The zero-order chi connectivity index (χ0) is 19.4. The Labute approximate surface area is 148 Å². The van der Waals surface area contributed by atoms with E-state index in [1.54, 1.807) is 25.1 Å². The number of Topliss-reactive ketones (excluding diaryl/α,β-unsaturated/α-hetero) is 1. The van der Waals surface area contributed by atoms with Crippen LogP contribution in [0.25, 0.3) is 0 Å². The van der Waals surface area contributed by atoms with Crippen LogP contribution in [-0.2, 0) is 18.8 Å². The minimum atomic E-state index is -0.846. The Morgan fingerprint density at radius 1 is 1.12 bits per heavy atom. The highest BCUT2D eigenvalue weighted by atomic mass is 16.5. The average Bonchev–Trinajstić information content (AvgIpc) is 2.63. The number of hydrogen-bond acceptors (Lipinski definition) is 7. The van der Waals surface area contributed by atoms with Gasteiger partial charge in [-0.25, -0.2) is 9.59 Å². The molecule has 26 heavy (non-hydrogen) atoms. The molecule has 138 valence electrons.